The third-order valence-electron chi connectivity index (χ3n) is 2.21. The molecule has 0 saturated carbocycles. The average molecular weight is 209 g/mol. The van der Waals surface area contributed by atoms with Gasteiger partial charge in [-0.05, 0) is 12.3 Å². The summed E-state index contributed by atoms with van der Waals surface area (Å²) in [5.74, 6) is -0.741. The summed E-state index contributed by atoms with van der Waals surface area (Å²) >= 11 is 6.05. The molecule has 0 saturated heterocycles. The van der Waals surface area contributed by atoms with Crippen LogP contribution in [0.3, 0.4) is 0 Å². The lowest BCUT2D eigenvalue weighted by molar-refractivity contribution is -0.149. The van der Waals surface area contributed by atoms with Crippen LogP contribution >= 0.6 is 11.6 Å². The molecule has 0 fully saturated rings. The Morgan fingerprint density at radius 2 is 2.08 bits per heavy atom. The van der Waals surface area contributed by atoms with Crippen molar-refractivity contribution in [3.05, 3.63) is 0 Å². The van der Waals surface area contributed by atoms with Crippen molar-refractivity contribution in [1.29, 1.82) is 0 Å². The molecular formula is C9H17ClO3. The Kier molecular flexibility index (Phi) is 4.71. The number of halogens is 1. The lowest BCUT2D eigenvalue weighted by Crippen LogP contribution is -2.49. The fraction of sp³-hybridized carbons (Fsp3) is 0.889. The molecule has 0 rings (SSSR count). The van der Waals surface area contributed by atoms with Gasteiger partial charge in [0, 0.05) is 0 Å². The molecule has 0 aromatic rings. The van der Waals surface area contributed by atoms with Crippen LogP contribution in [0.1, 0.15) is 27.2 Å². The number of alkyl halides is 1. The van der Waals surface area contributed by atoms with Gasteiger partial charge in [-0.25, -0.2) is 0 Å². The van der Waals surface area contributed by atoms with E-state index in [1.807, 2.05) is 0 Å². The van der Waals surface area contributed by atoms with E-state index < -0.39 is 16.9 Å². The molecule has 3 nitrogen and oxygen atoms in total. The van der Waals surface area contributed by atoms with Gasteiger partial charge >= 0.3 is 5.97 Å². The highest BCUT2D eigenvalue weighted by Gasteiger charge is 2.46. The van der Waals surface area contributed by atoms with Crippen LogP contribution in [0.4, 0.5) is 0 Å². The van der Waals surface area contributed by atoms with E-state index in [1.54, 1.807) is 20.8 Å². The molecule has 0 heterocycles. The number of hydrogen-bond donors (Lipinski definition) is 1. The molecular weight excluding hydrogens is 192 g/mol. The largest absolute Gasteiger partial charge is 0.468 e. The quantitative estimate of drug-likeness (QED) is 0.564. The second-order valence-corrected chi connectivity index (χ2v) is 3.96. The molecule has 2 unspecified atom stereocenters. The number of rotatable bonds is 4. The SMILES string of the molecule is CCC(O)C(Cl)(C(=O)OC)C(C)C. The van der Waals surface area contributed by atoms with Crippen molar-refractivity contribution >= 4 is 17.6 Å². The minimum absolute atomic E-state index is 0.170. The first-order valence-corrected chi connectivity index (χ1v) is 4.74. The Balaban J connectivity index is 4.83. The van der Waals surface area contributed by atoms with E-state index in [9.17, 15) is 9.90 Å². The van der Waals surface area contributed by atoms with Crippen LogP contribution < -0.4 is 0 Å². The van der Waals surface area contributed by atoms with Crippen molar-refractivity contribution in [2.45, 2.75) is 38.2 Å². The van der Waals surface area contributed by atoms with Crippen LogP contribution in [0, 0.1) is 5.92 Å². The molecule has 0 aromatic carbocycles. The number of ether oxygens (including phenoxy) is 1. The van der Waals surface area contributed by atoms with Gasteiger partial charge in [-0.3, -0.25) is 4.79 Å². The van der Waals surface area contributed by atoms with E-state index in [0.29, 0.717) is 6.42 Å². The van der Waals surface area contributed by atoms with Gasteiger partial charge in [0.05, 0.1) is 13.2 Å². The molecule has 78 valence electrons. The maximum absolute atomic E-state index is 11.4. The number of methoxy groups -OCH3 is 1. The van der Waals surface area contributed by atoms with Gasteiger partial charge < -0.3 is 9.84 Å². The van der Waals surface area contributed by atoms with Crippen LogP contribution in [-0.2, 0) is 9.53 Å². The van der Waals surface area contributed by atoms with Crippen LogP contribution in [0.2, 0.25) is 0 Å². The predicted molar refractivity (Wildman–Crippen MR) is 51.7 cm³/mol. The summed E-state index contributed by atoms with van der Waals surface area (Å²) in [6, 6.07) is 0. The first-order chi connectivity index (χ1) is 5.91. The lowest BCUT2D eigenvalue weighted by Gasteiger charge is -2.32. The first kappa shape index (κ1) is 12.7. The zero-order valence-corrected chi connectivity index (χ0v) is 9.26. The normalized spacial score (nSPS) is 18.1. The second-order valence-electron chi connectivity index (χ2n) is 3.34. The molecule has 0 bridgehead atoms. The number of carbonyl (C=O) groups is 1. The molecule has 0 radical (unpaired) electrons. The van der Waals surface area contributed by atoms with E-state index in [-0.39, 0.29) is 5.92 Å². The highest BCUT2D eigenvalue weighted by Crippen LogP contribution is 2.32. The first-order valence-electron chi connectivity index (χ1n) is 4.36. The maximum Gasteiger partial charge on any atom is 0.329 e. The summed E-state index contributed by atoms with van der Waals surface area (Å²) in [5.41, 5.74) is 0. The zero-order valence-electron chi connectivity index (χ0n) is 8.50. The van der Waals surface area contributed by atoms with Crippen LogP contribution in [-0.4, -0.2) is 29.2 Å². The topological polar surface area (TPSA) is 46.5 Å². The van der Waals surface area contributed by atoms with Crippen LogP contribution in [0.5, 0.6) is 0 Å². The van der Waals surface area contributed by atoms with Gasteiger partial charge in [0.2, 0.25) is 0 Å². The smallest absolute Gasteiger partial charge is 0.329 e. The highest BCUT2D eigenvalue weighted by atomic mass is 35.5. The number of aliphatic hydroxyl groups is 1. The van der Waals surface area contributed by atoms with E-state index in [0.717, 1.165) is 0 Å². The minimum atomic E-state index is -1.32. The Morgan fingerprint density at radius 3 is 2.31 bits per heavy atom. The number of esters is 1. The molecule has 0 aliphatic heterocycles. The summed E-state index contributed by atoms with van der Waals surface area (Å²) in [5, 5.41) is 9.62. The predicted octanol–water partition coefficient (Wildman–Crippen LogP) is 1.56. The van der Waals surface area contributed by atoms with Gasteiger partial charge in [0.15, 0.2) is 4.87 Å². The van der Waals surface area contributed by atoms with Crippen molar-refractivity contribution < 1.29 is 14.6 Å². The van der Waals surface area contributed by atoms with E-state index >= 15 is 0 Å². The van der Waals surface area contributed by atoms with Crippen molar-refractivity contribution in [3.63, 3.8) is 0 Å². The van der Waals surface area contributed by atoms with Crippen molar-refractivity contribution in [2.24, 2.45) is 5.92 Å². The third kappa shape index (κ3) is 2.35. The van der Waals surface area contributed by atoms with Crippen molar-refractivity contribution in [3.8, 4) is 0 Å². The van der Waals surface area contributed by atoms with Crippen LogP contribution in [0.15, 0.2) is 0 Å². The summed E-state index contributed by atoms with van der Waals surface area (Å²) in [7, 11) is 1.27. The Bertz CT molecular complexity index is 182. The van der Waals surface area contributed by atoms with Gasteiger partial charge in [0.25, 0.3) is 0 Å². The fourth-order valence-electron chi connectivity index (χ4n) is 1.21. The standard InChI is InChI=1S/C9H17ClO3/c1-5-7(11)9(10,6(2)3)8(12)13-4/h6-7,11H,5H2,1-4H3. The van der Waals surface area contributed by atoms with E-state index in [2.05, 4.69) is 4.74 Å². The van der Waals surface area contributed by atoms with E-state index in [4.69, 9.17) is 11.6 Å². The summed E-state index contributed by atoms with van der Waals surface area (Å²) < 4.78 is 4.57. The molecule has 0 aromatic heterocycles. The minimum Gasteiger partial charge on any atom is -0.468 e. The van der Waals surface area contributed by atoms with Crippen molar-refractivity contribution in [2.75, 3.05) is 7.11 Å². The van der Waals surface area contributed by atoms with Gasteiger partial charge in [-0.15, -0.1) is 11.6 Å². The number of carbonyl (C=O) groups excluding carboxylic acids is 1. The summed E-state index contributed by atoms with van der Waals surface area (Å²) in [6.45, 7) is 5.33. The fourth-order valence-corrected chi connectivity index (χ4v) is 1.44. The summed E-state index contributed by atoms with van der Waals surface area (Å²) in [6.07, 6.45) is -0.446. The molecule has 2 atom stereocenters. The third-order valence-corrected chi connectivity index (χ3v) is 3.05. The highest BCUT2D eigenvalue weighted by molar-refractivity contribution is 6.34. The molecule has 0 amide bonds. The second kappa shape index (κ2) is 4.82. The molecule has 0 aliphatic carbocycles. The van der Waals surface area contributed by atoms with Crippen LogP contribution in [0.25, 0.3) is 0 Å². The zero-order chi connectivity index (χ0) is 10.6. The molecule has 0 aliphatic rings. The molecule has 1 N–H and O–H groups in total. The molecule has 4 heteroatoms. The van der Waals surface area contributed by atoms with Gasteiger partial charge in [0.1, 0.15) is 0 Å². The van der Waals surface area contributed by atoms with Gasteiger partial charge in [-0.2, -0.15) is 0 Å². The molecule has 0 spiro atoms. The Morgan fingerprint density at radius 1 is 1.62 bits per heavy atom. The maximum atomic E-state index is 11.4. The lowest BCUT2D eigenvalue weighted by atomic mass is 9.88. The monoisotopic (exact) mass is 208 g/mol. The Hall–Kier alpha value is -0.280. The average Bonchev–Trinajstić information content (AvgIpc) is 2.13. The number of hydrogen-bond acceptors (Lipinski definition) is 3. The van der Waals surface area contributed by atoms with E-state index in [1.165, 1.54) is 7.11 Å². The molecule has 13 heavy (non-hydrogen) atoms. The summed E-state index contributed by atoms with van der Waals surface area (Å²) in [4.78, 5) is 10.0. The van der Waals surface area contributed by atoms with Crippen molar-refractivity contribution in [1.82, 2.24) is 0 Å². The number of aliphatic hydroxyl groups excluding tert-OH is 1. The Labute approximate surface area is 84.0 Å². The van der Waals surface area contributed by atoms with Gasteiger partial charge in [-0.1, -0.05) is 20.8 Å².